The van der Waals surface area contributed by atoms with Gasteiger partial charge in [0, 0.05) is 52.0 Å². The Morgan fingerprint density at radius 2 is 0.727 bits per heavy atom. The van der Waals surface area contributed by atoms with E-state index in [1.807, 2.05) is 13.8 Å². The van der Waals surface area contributed by atoms with Crippen LogP contribution in [0.2, 0.25) is 0 Å². The van der Waals surface area contributed by atoms with Gasteiger partial charge in [0.2, 0.25) is 11.8 Å². The Morgan fingerprint density at radius 3 is 1.10 bits per heavy atom. The quantitative estimate of drug-likeness (QED) is 0.0286. The number of carboxylic acids is 8. The van der Waals surface area contributed by atoms with Gasteiger partial charge in [-0.3, -0.25) is 67.1 Å². The number of carboxylic acid groups (broad SMARTS) is 8. The largest absolute Gasteiger partial charge is 2.00 e. The van der Waals surface area contributed by atoms with Crippen molar-refractivity contribution in [3.05, 3.63) is 147 Å². The summed E-state index contributed by atoms with van der Waals surface area (Å²) in [6.07, 6.45) is 2.19. The third-order valence-electron chi connectivity index (χ3n) is 15.3. The van der Waals surface area contributed by atoms with Crippen LogP contribution in [0.25, 0.3) is 50.4 Å². The molecule has 10 N–H and O–H groups in total. The minimum Gasteiger partial charge on any atom is -0.657 e. The van der Waals surface area contributed by atoms with E-state index in [-0.39, 0.29) is 52.5 Å². The second-order valence-corrected chi connectivity index (χ2v) is 22.3. The molecule has 0 unspecified atom stereocenters. The number of hydrogen-bond acceptors (Lipinski definition) is 16. The van der Waals surface area contributed by atoms with Crippen molar-refractivity contribution >= 4 is 145 Å². The fourth-order valence-corrected chi connectivity index (χ4v) is 10.8. The van der Waals surface area contributed by atoms with Gasteiger partial charge < -0.3 is 81.1 Å². The summed E-state index contributed by atoms with van der Waals surface area (Å²) >= 11 is 0. The Balaban J connectivity index is 0.0000155. The van der Waals surface area contributed by atoms with E-state index in [9.17, 15) is 108 Å². The Kier molecular flexibility index (Phi) is 24.7. The van der Waals surface area contributed by atoms with Crippen molar-refractivity contribution in [1.29, 1.82) is 0 Å². The number of carbonyl (C=O) groups is 14. The second kappa shape index (κ2) is 32.4. The maximum atomic E-state index is 14.3. The number of allylic oxidation sites excluding steroid dienone is 5. The number of anilines is 2. The van der Waals surface area contributed by atoms with Gasteiger partial charge in [0.05, 0.1) is 22.8 Å². The molecule has 516 valence electrons. The number of nitrogens with zero attached hydrogens (tertiary/aromatic N) is 8. The summed E-state index contributed by atoms with van der Waals surface area (Å²) in [7, 11) is 0. The molecule has 3 aromatic heterocycles. The summed E-state index contributed by atoms with van der Waals surface area (Å²) < 4.78 is 0. The van der Waals surface area contributed by atoms with Crippen LogP contribution in [0.3, 0.4) is 0 Å². The van der Waals surface area contributed by atoms with Gasteiger partial charge in [0.1, 0.15) is 52.4 Å². The third kappa shape index (κ3) is 19.0. The molecule has 0 atom stereocenters. The fourth-order valence-electron chi connectivity index (χ4n) is 10.8. The molecule has 2 aliphatic rings. The summed E-state index contributed by atoms with van der Waals surface area (Å²) in [5, 5.41) is 81.4. The number of nitrogens with one attached hydrogen (secondary N) is 2. The molecule has 6 amide bonds. The van der Waals surface area contributed by atoms with E-state index in [1.54, 1.807) is 50.3 Å². The van der Waals surface area contributed by atoms with Gasteiger partial charge in [-0.05, 0) is 99.2 Å². The molecule has 0 spiro atoms. The van der Waals surface area contributed by atoms with Crippen LogP contribution in [0, 0.1) is 13.8 Å². The number of benzene rings is 2. The Labute approximate surface area is 570 Å². The smallest absolute Gasteiger partial charge is 0.657 e. The summed E-state index contributed by atoms with van der Waals surface area (Å²) in [6.45, 7) is 6.04. The number of hydrogen-bond donors (Lipinski definition) is 10. The number of carbonyl (C=O) groups excluding carboxylic acids is 6. The summed E-state index contributed by atoms with van der Waals surface area (Å²) in [5.41, 5.74) is 5.01. The molecule has 33 heteroatoms. The molecule has 2 aromatic carbocycles. The van der Waals surface area contributed by atoms with Gasteiger partial charge >= 0.3 is 64.8 Å². The first-order valence-corrected chi connectivity index (χ1v) is 29.3. The average Bonchev–Trinajstić information content (AvgIpc) is 1.66. The molecule has 7 rings (SSSR count). The molecule has 0 radical (unpaired) electrons. The number of amides is 6. The van der Waals surface area contributed by atoms with Crippen LogP contribution in [-0.4, -0.2) is 206 Å². The van der Waals surface area contributed by atoms with Gasteiger partial charge in [0.25, 0.3) is 23.6 Å². The fraction of sp³-hybridized carbons (Fsp3) is 0.242. The molecule has 0 aliphatic carbocycles. The number of rotatable bonds is 30. The van der Waals surface area contributed by atoms with E-state index in [2.05, 4.69) is 23.8 Å². The number of fused-ring (bicyclic) bond motifs is 8. The first-order valence-electron chi connectivity index (χ1n) is 29.3. The average molecular weight is 1400 g/mol. The Hall–Kier alpha value is -12.4. The van der Waals surface area contributed by atoms with Crippen molar-refractivity contribution in [3.63, 3.8) is 0 Å². The molecule has 5 aromatic rings. The van der Waals surface area contributed by atoms with Gasteiger partial charge in [-0.1, -0.05) is 66.3 Å². The molecule has 8 bridgehead atoms. The van der Waals surface area contributed by atoms with E-state index in [1.165, 1.54) is 0 Å². The first kappa shape index (κ1) is 75.6. The van der Waals surface area contributed by atoms with Crippen LogP contribution in [-0.2, 0) is 71.4 Å². The van der Waals surface area contributed by atoms with Crippen molar-refractivity contribution in [3.8, 4) is 0 Å². The number of aliphatic carboxylic acids is 8. The SMILES string of the molecule is C=CC1=C(C)c2cc3[n-]c(cc4nc(cc5[n-]c(cc1n2)c(C)c5C=C)C(C)=C4CCC(=O)Nc1cc(C(=O)N(CC(=O)O)CC(=O)O)cc(C(=O)N(CC(=O)O)CC(=O)O)c1)c(CCC(=O)Nc1cc(C(=O)N(CC(=O)O)CC(=O)O)cc(C(=O)N(CC(=O)O)CC(=O)O)c1)c3C.[Fe+2]. The molecule has 5 heterocycles. The van der Waals surface area contributed by atoms with Crippen LogP contribution in [0.1, 0.15) is 120 Å². The number of aryl methyl sites for hydroxylation is 3. The van der Waals surface area contributed by atoms with E-state index in [0.29, 0.717) is 92.2 Å². The van der Waals surface area contributed by atoms with Crippen molar-refractivity contribution in [2.24, 2.45) is 0 Å². The molecule has 99 heavy (non-hydrogen) atoms. The monoisotopic (exact) mass is 1400 g/mol. The topological polar surface area (TPSA) is 492 Å². The minimum absolute atomic E-state index is 0. The number of aromatic nitrogens is 4. The predicted molar refractivity (Wildman–Crippen MR) is 346 cm³/mol. The van der Waals surface area contributed by atoms with Crippen molar-refractivity contribution in [2.45, 2.75) is 53.4 Å². The van der Waals surface area contributed by atoms with Gasteiger partial charge in [-0.25, -0.2) is 9.97 Å². The summed E-state index contributed by atoms with van der Waals surface area (Å²) in [6, 6.07) is 12.5. The molecule has 0 saturated heterocycles. The zero-order chi connectivity index (χ0) is 72.3. The van der Waals surface area contributed by atoms with E-state index < -0.39 is 171 Å². The minimum atomic E-state index is -1.62. The van der Waals surface area contributed by atoms with Crippen LogP contribution in [0.5, 0.6) is 0 Å². The first-order chi connectivity index (χ1) is 46.1. The van der Waals surface area contributed by atoms with E-state index in [4.69, 9.17) is 19.9 Å². The Morgan fingerprint density at radius 1 is 0.404 bits per heavy atom. The van der Waals surface area contributed by atoms with Crippen molar-refractivity contribution in [2.75, 3.05) is 63.0 Å². The van der Waals surface area contributed by atoms with Gasteiger partial charge in [-0.2, -0.15) is 0 Å². The zero-order valence-corrected chi connectivity index (χ0v) is 54.2. The maximum Gasteiger partial charge on any atom is 2.00 e. The van der Waals surface area contributed by atoms with Crippen molar-refractivity contribution < 1.29 is 125 Å². The normalized spacial score (nSPS) is 11.5. The molecular weight excluding hydrogens is 1340 g/mol. The molecule has 32 nitrogen and oxygen atoms in total. The summed E-state index contributed by atoms with van der Waals surface area (Å²) in [5.74, 6) is -19.6. The van der Waals surface area contributed by atoms with E-state index >= 15 is 0 Å². The summed E-state index contributed by atoms with van der Waals surface area (Å²) in [4.78, 5) is 200. The van der Waals surface area contributed by atoms with Crippen molar-refractivity contribution in [1.82, 2.24) is 39.5 Å². The van der Waals surface area contributed by atoms with Gasteiger partial charge in [-0.15, -0.1) is 22.1 Å². The molecular formula is C66H62FeN10O22. The standard InChI is InChI=1S/C66H64N10O22.Fe/c1-7-41-31(3)45-19-46-33(5)43(9-11-53(77)67-39-15-35(63(95)73(23-55(79)80)24-56(81)82)13-36(16-39)64(96)74(25-57(83)84)26-58(85)86)51(71-46)22-52-44(34(6)48(72-52)21-50-42(8-2)32(4)47(70-50)20-49(41)69-45)10-12-54(78)68-40-17-37(65(97)75(27-59(87)88)28-60(89)90)14-38(18-40)66(98)76(29-61(91)92)30-62(93)94;/h7-8,13-22H,1-2,9-12,23-30H2,3-6H3,(H12,67,68,69,70,71,72,77,78,79,80,81,82,83,84,85,86,87,88,89,90,91,92,93,94);/q;+2/p-2. The van der Waals surface area contributed by atoms with Crippen LogP contribution in [0.15, 0.2) is 79.9 Å². The predicted octanol–water partition coefficient (Wildman–Crippen LogP) is 4.31. The maximum absolute atomic E-state index is 14.3. The second-order valence-electron chi connectivity index (χ2n) is 22.3. The van der Waals surface area contributed by atoms with E-state index in [0.717, 1.165) is 42.0 Å². The Bertz CT molecular complexity index is 4350. The molecule has 0 saturated carbocycles. The third-order valence-corrected chi connectivity index (χ3v) is 15.3. The molecule has 0 fully saturated rings. The van der Waals surface area contributed by atoms with Crippen LogP contribution in [0.4, 0.5) is 11.4 Å². The van der Waals surface area contributed by atoms with Crippen LogP contribution >= 0.6 is 0 Å². The zero-order valence-electron chi connectivity index (χ0n) is 53.1. The van der Waals surface area contributed by atoms with Crippen LogP contribution < -0.4 is 20.6 Å². The molecule has 2 aliphatic heterocycles. The van der Waals surface area contributed by atoms with Gasteiger partial charge in [0.15, 0.2) is 0 Å².